The number of aromatic nitrogens is 1. The first-order valence-electron chi connectivity index (χ1n) is 6.94. The van der Waals surface area contributed by atoms with E-state index in [9.17, 15) is 10.1 Å². The summed E-state index contributed by atoms with van der Waals surface area (Å²) in [4.78, 5) is 17.2. The summed E-state index contributed by atoms with van der Waals surface area (Å²) in [5, 5.41) is 17.2. The number of rotatable bonds is 6. The Kier molecular flexibility index (Phi) is 4.73. The van der Waals surface area contributed by atoms with Gasteiger partial charge in [-0.1, -0.05) is 0 Å². The van der Waals surface area contributed by atoms with Crippen LogP contribution < -0.4 is 10.6 Å². The molecule has 1 fully saturated rings. The van der Waals surface area contributed by atoms with E-state index in [1.165, 1.54) is 18.6 Å². The summed E-state index contributed by atoms with van der Waals surface area (Å²) in [6.45, 7) is 4.48. The maximum atomic E-state index is 10.9. The second-order valence-corrected chi connectivity index (χ2v) is 5.04. The smallest absolute Gasteiger partial charge is 0.276 e. The molecule has 1 unspecified atom stereocenters. The van der Waals surface area contributed by atoms with E-state index < -0.39 is 4.92 Å². The van der Waals surface area contributed by atoms with Gasteiger partial charge in [0.2, 0.25) is 0 Å². The molecular formula is C13H21N5O2. The van der Waals surface area contributed by atoms with Gasteiger partial charge in [0.05, 0.1) is 17.1 Å². The highest BCUT2D eigenvalue weighted by molar-refractivity contribution is 5.54. The lowest BCUT2D eigenvalue weighted by Crippen LogP contribution is -2.31. The van der Waals surface area contributed by atoms with Crippen LogP contribution in [0, 0.1) is 10.1 Å². The first-order valence-corrected chi connectivity index (χ1v) is 6.94. The maximum Gasteiger partial charge on any atom is 0.276 e. The standard InChI is InChI=1S/C13H21N5O2/c1-3-14-12-7-11(18(19)20)8-13(16-12)15-9-10-5-4-6-17(10)2/h7-8,10H,3-6,9H2,1-2H3,(H2,14,15,16). The zero-order valence-electron chi connectivity index (χ0n) is 11.9. The van der Waals surface area contributed by atoms with Gasteiger partial charge in [0, 0.05) is 19.1 Å². The number of likely N-dealkylation sites (N-methyl/N-ethyl adjacent to an activating group) is 1. The van der Waals surface area contributed by atoms with Gasteiger partial charge in [-0.15, -0.1) is 0 Å². The van der Waals surface area contributed by atoms with Gasteiger partial charge in [0.1, 0.15) is 11.6 Å². The van der Waals surface area contributed by atoms with Crippen LogP contribution in [0.4, 0.5) is 17.3 Å². The zero-order valence-corrected chi connectivity index (χ0v) is 11.9. The highest BCUT2D eigenvalue weighted by atomic mass is 16.6. The summed E-state index contributed by atoms with van der Waals surface area (Å²) in [7, 11) is 2.10. The molecule has 0 radical (unpaired) electrons. The SMILES string of the molecule is CCNc1cc([N+](=O)[O-])cc(NCC2CCCN2C)n1. The van der Waals surface area contributed by atoms with Crippen molar-refractivity contribution in [1.29, 1.82) is 0 Å². The van der Waals surface area contributed by atoms with E-state index >= 15 is 0 Å². The van der Waals surface area contributed by atoms with E-state index in [0.717, 1.165) is 19.5 Å². The van der Waals surface area contributed by atoms with Crippen molar-refractivity contribution >= 4 is 17.3 Å². The van der Waals surface area contributed by atoms with E-state index in [4.69, 9.17) is 0 Å². The molecule has 20 heavy (non-hydrogen) atoms. The van der Waals surface area contributed by atoms with Crippen LogP contribution >= 0.6 is 0 Å². The number of nitro groups is 1. The summed E-state index contributed by atoms with van der Waals surface area (Å²) < 4.78 is 0. The topological polar surface area (TPSA) is 83.3 Å². The Labute approximate surface area is 118 Å². The minimum absolute atomic E-state index is 0.0539. The normalized spacial score (nSPS) is 19.0. The molecule has 1 aliphatic heterocycles. The monoisotopic (exact) mass is 279 g/mol. The van der Waals surface area contributed by atoms with Crippen LogP contribution in [-0.4, -0.2) is 47.5 Å². The summed E-state index contributed by atoms with van der Waals surface area (Å²) in [5.74, 6) is 1.08. The van der Waals surface area contributed by atoms with Crippen LogP contribution in [0.15, 0.2) is 12.1 Å². The molecule has 1 aromatic rings. The third kappa shape index (κ3) is 3.57. The minimum Gasteiger partial charge on any atom is -0.370 e. The summed E-state index contributed by atoms with van der Waals surface area (Å²) in [6, 6.07) is 3.41. The zero-order chi connectivity index (χ0) is 14.5. The molecule has 1 atom stereocenters. The quantitative estimate of drug-likeness (QED) is 0.611. The molecule has 1 aliphatic rings. The van der Waals surface area contributed by atoms with Crippen LogP contribution in [0.25, 0.3) is 0 Å². The lowest BCUT2D eigenvalue weighted by Gasteiger charge is -2.20. The van der Waals surface area contributed by atoms with E-state index in [2.05, 4.69) is 27.6 Å². The van der Waals surface area contributed by atoms with Crippen molar-refractivity contribution in [2.24, 2.45) is 0 Å². The molecule has 1 saturated heterocycles. The molecule has 2 heterocycles. The molecule has 7 nitrogen and oxygen atoms in total. The van der Waals surface area contributed by atoms with Gasteiger partial charge in [-0.05, 0) is 33.4 Å². The Hall–Kier alpha value is -1.89. The summed E-state index contributed by atoms with van der Waals surface area (Å²) in [6.07, 6.45) is 2.35. The molecule has 0 bridgehead atoms. The van der Waals surface area contributed by atoms with Crippen LogP contribution in [0.1, 0.15) is 19.8 Å². The minimum atomic E-state index is -0.393. The molecule has 7 heteroatoms. The highest BCUT2D eigenvalue weighted by Crippen LogP contribution is 2.21. The molecule has 0 spiro atoms. The predicted molar refractivity (Wildman–Crippen MR) is 79.2 cm³/mol. The van der Waals surface area contributed by atoms with Crippen molar-refractivity contribution in [2.75, 3.05) is 37.3 Å². The van der Waals surface area contributed by atoms with Crippen molar-refractivity contribution in [3.63, 3.8) is 0 Å². The Morgan fingerprint density at radius 1 is 1.45 bits per heavy atom. The van der Waals surface area contributed by atoms with E-state index in [1.54, 1.807) is 0 Å². The molecule has 1 aromatic heterocycles. The molecule has 0 aromatic carbocycles. The van der Waals surface area contributed by atoms with Crippen LogP contribution in [0.5, 0.6) is 0 Å². The van der Waals surface area contributed by atoms with E-state index in [1.807, 2.05) is 6.92 Å². The molecule has 0 saturated carbocycles. The van der Waals surface area contributed by atoms with Gasteiger partial charge in [0.25, 0.3) is 5.69 Å². The lowest BCUT2D eigenvalue weighted by molar-refractivity contribution is -0.384. The number of hydrogen-bond donors (Lipinski definition) is 2. The number of pyridine rings is 1. The predicted octanol–water partition coefficient (Wildman–Crippen LogP) is 1.93. The number of nitrogens with one attached hydrogen (secondary N) is 2. The largest absolute Gasteiger partial charge is 0.370 e. The number of nitrogens with zero attached hydrogens (tertiary/aromatic N) is 3. The molecule has 2 N–H and O–H groups in total. The average Bonchev–Trinajstić information content (AvgIpc) is 2.82. The third-order valence-electron chi connectivity index (χ3n) is 3.57. The Bertz CT molecular complexity index is 480. The van der Waals surface area contributed by atoms with Gasteiger partial charge < -0.3 is 15.5 Å². The molecule has 2 rings (SSSR count). The molecule has 110 valence electrons. The summed E-state index contributed by atoms with van der Waals surface area (Å²) >= 11 is 0. The van der Waals surface area contributed by atoms with Crippen LogP contribution in [0.2, 0.25) is 0 Å². The van der Waals surface area contributed by atoms with Crippen molar-refractivity contribution in [3.05, 3.63) is 22.2 Å². The molecule has 0 amide bonds. The van der Waals surface area contributed by atoms with Crippen molar-refractivity contribution in [2.45, 2.75) is 25.8 Å². The number of hydrogen-bond acceptors (Lipinski definition) is 6. The van der Waals surface area contributed by atoms with E-state index in [-0.39, 0.29) is 5.69 Å². The van der Waals surface area contributed by atoms with Gasteiger partial charge in [-0.2, -0.15) is 0 Å². The van der Waals surface area contributed by atoms with Gasteiger partial charge in [-0.3, -0.25) is 10.1 Å². The fourth-order valence-electron chi connectivity index (χ4n) is 2.44. The van der Waals surface area contributed by atoms with Crippen molar-refractivity contribution in [3.8, 4) is 0 Å². The van der Waals surface area contributed by atoms with Gasteiger partial charge in [-0.25, -0.2) is 4.98 Å². The van der Waals surface area contributed by atoms with Gasteiger partial charge in [0.15, 0.2) is 0 Å². The van der Waals surface area contributed by atoms with E-state index in [0.29, 0.717) is 24.2 Å². The number of anilines is 2. The Morgan fingerprint density at radius 2 is 2.15 bits per heavy atom. The van der Waals surface area contributed by atoms with Crippen molar-refractivity contribution < 1.29 is 4.92 Å². The fraction of sp³-hybridized carbons (Fsp3) is 0.615. The first-order chi connectivity index (χ1) is 9.60. The average molecular weight is 279 g/mol. The first kappa shape index (κ1) is 14.5. The lowest BCUT2D eigenvalue weighted by atomic mass is 10.2. The second-order valence-electron chi connectivity index (χ2n) is 5.04. The van der Waals surface area contributed by atoms with Gasteiger partial charge >= 0.3 is 0 Å². The Balaban J connectivity index is 2.07. The van der Waals surface area contributed by atoms with Crippen molar-refractivity contribution in [1.82, 2.24) is 9.88 Å². The third-order valence-corrected chi connectivity index (χ3v) is 3.57. The molecule has 0 aliphatic carbocycles. The number of likely N-dealkylation sites (tertiary alicyclic amines) is 1. The maximum absolute atomic E-state index is 10.9. The summed E-state index contributed by atoms with van der Waals surface area (Å²) in [5.41, 5.74) is 0.0539. The van der Waals surface area contributed by atoms with Crippen LogP contribution in [-0.2, 0) is 0 Å². The molecular weight excluding hydrogens is 258 g/mol. The fourth-order valence-corrected chi connectivity index (χ4v) is 2.44. The second kappa shape index (κ2) is 6.51. The van der Waals surface area contributed by atoms with Crippen LogP contribution in [0.3, 0.4) is 0 Å². The Morgan fingerprint density at radius 3 is 2.70 bits per heavy atom. The highest BCUT2D eigenvalue weighted by Gasteiger charge is 2.21.